The molecule has 0 bridgehead atoms. The first-order chi connectivity index (χ1) is 14.2. The molecular weight excluding hydrogens is 405 g/mol. The zero-order valence-electron chi connectivity index (χ0n) is 16.1. The maximum absolute atomic E-state index is 13.6. The van der Waals surface area contributed by atoms with E-state index in [1.165, 1.54) is 6.07 Å². The van der Waals surface area contributed by atoms with Gasteiger partial charge in [0.15, 0.2) is 0 Å². The molecule has 1 saturated heterocycles. The molecule has 2 aliphatic rings. The SMILES string of the molecule is NC[C@H](NC(=O)C1CCC1)C(=O)Nc1ccc(N2CCOCC2=O)c(C(F)(F)F)c1. The molecule has 3 rings (SSSR count). The Kier molecular flexibility index (Phi) is 6.61. The molecule has 0 aromatic heterocycles. The van der Waals surface area contributed by atoms with Gasteiger partial charge < -0.3 is 26.0 Å². The van der Waals surface area contributed by atoms with Crippen LogP contribution in [0.1, 0.15) is 24.8 Å². The molecule has 8 nitrogen and oxygen atoms in total. The van der Waals surface area contributed by atoms with Crippen LogP contribution in [0.15, 0.2) is 18.2 Å². The Morgan fingerprint density at radius 3 is 2.60 bits per heavy atom. The van der Waals surface area contributed by atoms with E-state index in [0.717, 1.165) is 36.3 Å². The van der Waals surface area contributed by atoms with Gasteiger partial charge in [-0.05, 0) is 31.0 Å². The van der Waals surface area contributed by atoms with Crippen LogP contribution in [-0.4, -0.2) is 50.1 Å². The molecule has 4 N–H and O–H groups in total. The molecule has 11 heteroatoms. The summed E-state index contributed by atoms with van der Waals surface area (Å²) in [5, 5.41) is 4.90. The Hall–Kier alpha value is -2.66. The summed E-state index contributed by atoms with van der Waals surface area (Å²) >= 11 is 0. The van der Waals surface area contributed by atoms with Gasteiger partial charge in [-0.2, -0.15) is 13.2 Å². The number of amides is 3. The molecule has 30 heavy (non-hydrogen) atoms. The van der Waals surface area contributed by atoms with Crippen molar-refractivity contribution in [2.75, 3.05) is 36.5 Å². The van der Waals surface area contributed by atoms with E-state index < -0.39 is 29.6 Å². The molecule has 0 unspecified atom stereocenters. The molecule has 2 fully saturated rings. The van der Waals surface area contributed by atoms with Crippen LogP contribution in [0.4, 0.5) is 24.5 Å². The molecule has 1 aromatic carbocycles. The number of rotatable bonds is 6. The van der Waals surface area contributed by atoms with Crippen LogP contribution in [0.3, 0.4) is 0 Å². The maximum Gasteiger partial charge on any atom is 0.418 e. The zero-order chi connectivity index (χ0) is 21.9. The van der Waals surface area contributed by atoms with Gasteiger partial charge in [-0.15, -0.1) is 0 Å². The van der Waals surface area contributed by atoms with Crippen molar-refractivity contribution in [2.24, 2.45) is 11.7 Å². The van der Waals surface area contributed by atoms with Crippen molar-refractivity contribution < 1.29 is 32.3 Å². The fourth-order valence-corrected chi connectivity index (χ4v) is 3.27. The fourth-order valence-electron chi connectivity index (χ4n) is 3.27. The van der Waals surface area contributed by atoms with Crippen molar-refractivity contribution >= 4 is 29.1 Å². The van der Waals surface area contributed by atoms with Gasteiger partial charge in [0.05, 0.1) is 17.9 Å². The lowest BCUT2D eigenvalue weighted by molar-refractivity contribution is -0.137. The largest absolute Gasteiger partial charge is 0.418 e. The van der Waals surface area contributed by atoms with E-state index in [-0.39, 0.29) is 49.5 Å². The average Bonchev–Trinajstić information content (AvgIpc) is 2.64. The lowest BCUT2D eigenvalue weighted by Gasteiger charge is -2.29. The summed E-state index contributed by atoms with van der Waals surface area (Å²) in [6, 6.07) is 2.10. The lowest BCUT2D eigenvalue weighted by Crippen LogP contribution is -2.50. The molecule has 1 heterocycles. The van der Waals surface area contributed by atoms with E-state index in [2.05, 4.69) is 10.6 Å². The van der Waals surface area contributed by atoms with Crippen LogP contribution in [0.2, 0.25) is 0 Å². The topological polar surface area (TPSA) is 114 Å². The number of nitrogens with zero attached hydrogens (tertiary/aromatic N) is 1. The molecule has 1 atom stereocenters. The van der Waals surface area contributed by atoms with Gasteiger partial charge in [0.2, 0.25) is 11.8 Å². The predicted octanol–water partition coefficient (Wildman–Crippen LogP) is 1.25. The van der Waals surface area contributed by atoms with Gasteiger partial charge >= 0.3 is 6.18 Å². The van der Waals surface area contributed by atoms with Gasteiger partial charge in [0.1, 0.15) is 12.6 Å². The number of carbonyl (C=O) groups is 3. The fraction of sp³-hybridized carbons (Fsp3) is 0.526. The highest BCUT2D eigenvalue weighted by Crippen LogP contribution is 2.38. The van der Waals surface area contributed by atoms with E-state index in [4.69, 9.17) is 10.5 Å². The average molecular weight is 428 g/mol. The van der Waals surface area contributed by atoms with Crippen molar-refractivity contribution in [2.45, 2.75) is 31.5 Å². The number of ether oxygens (including phenoxy) is 1. The molecular formula is C19H23F3N4O4. The van der Waals surface area contributed by atoms with E-state index >= 15 is 0 Å². The minimum atomic E-state index is -4.75. The van der Waals surface area contributed by atoms with Crippen LogP contribution >= 0.6 is 0 Å². The summed E-state index contributed by atoms with van der Waals surface area (Å²) < 4.78 is 45.8. The second-order valence-electron chi connectivity index (χ2n) is 7.24. The minimum absolute atomic E-state index is 0.00390. The minimum Gasteiger partial charge on any atom is -0.370 e. The van der Waals surface area contributed by atoms with Crippen LogP contribution in [0, 0.1) is 5.92 Å². The van der Waals surface area contributed by atoms with E-state index in [1.54, 1.807) is 0 Å². The Morgan fingerprint density at radius 2 is 2.03 bits per heavy atom. The standard InChI is InChI=1S/C19H23F3N4O4/c20-19(21,22)13-8-12(4-5-15(13)26-6-7-30-10-16(26)27)24-18(29)14(9-23)25-17(28)11-2-1-3-11/h4-5,8,11,14H,1-3,6-7,9-10,23H2,(H,24,29)(H,25,28)/t14-/m0/s1. The highest BCUT2D eigenvalue weighted by atomic mass is 19.4. The predicted molar refractivity (Wildman–Crippen MR) is 102 cm³/mol. The number of hydrogen-bond donors (Lipinski definition) is 3. The number of halogens is 3. The van der Waals surface area contributed by atoms with Gasteiger partial charge in [0, 0.05) is 24.7 Å². The highest BCUT2D eigenvalue weighted by Gasteiger charge is 2.37. The number of anilines is 2. The second kappa shape index (κ2) is 9.00. The first-order valence-corrected chi connectivity index (χ1v) is 9.61. The molecule has 1 aromatic rings. The summed E-state index contributed by atoms with van der Waals surface area (Å²) in [7, 11) is 0. The summed E-state index contributed by atoms with van der Waals surface area (Å²) in [4.78, 5) is 37.5. The number of benzene rings is 1. The quantitative estimate of drug-likeness (QED) is 0.631. The van der Waals surface area contributed by atoms with Crippen LogP contribution in [0.5, 0.6) is 0 Å². The van der Waals surface area contributed by atoms with E-state index in [0.29, 0.717) is 0 Å². The summed E-state index contributed by atoms with van der Waals surface area (Å²) in [5.74, 6) is -1.74. The molecule has 1 aliphatic heterocycles. The first kappa shape index (κ1) is 22.0. The van der Waals surface area contributed by atoms with Crippen molar-refractivity contribution in [3.63, 3.8) is 0 Å². The maximum atomic E-state index is 13.6. The highest BCUT2D eigenvalue weighted by molar-refractivity contribution is 5.99. The van der Waals surface area contributed by atoms with Crippen LogP contribution in [-0.2, 0) is 25.3 Å². The molecule has 0 radical (unpaired) electrons. The van der Waals surface area contributed by atoms with Gasteiger partial charge in [-0.25, -0.2) is 0 Å². The monoisotopic (exact) mass is 428 g/mol. The van der Waals surface area contributed by atoms with E-state index in [9.17, 15) is 27.6 Å². The summed E-state index contributed by atoms with van der Waals surface area (Å²) in [6.45, 7) is -0.373. The summed E-state index contributed by atoms with van der Waals surface area (Å²) in [6.07, 6.45) is -2.33. The first-order valence-electron chi connectivity index (χ1n) is 9.61. The number of alkyl halides is 3. The Balaban J connectivity index is 1.77. The van der Waals surface area contributed by atoms with Crippen molar-refractivity contribution in [1.82, 2.24) is 5.32 Å². The van der Waals surface area contributed by atoms with Crippen LogP contribution < -0.4 is 21.3 Å². The van der Waals surface area contributed by atoms with Gasteiger partial charge in [-0.3, -0.25) is 14.4 Å². The number of nitrogens with two attached hydrogens (primary N) is 1. The third-order valence-corrected chi connectivity index (χ3v) is 5.19. The third-order valence-electron chi connectivity index (χ3n) is 5.19. The zero-order valence-corrected chi connectivity index (χ0v) is 16.1. The second-order valence-corrected chi connectivity index (χ2v) is 7.24. The van der Waals surface area contributed by atoms with Crippen molar-refractivity contribution in [3.05, 3.63) is 23.8 Å². The molecule has 0 spiro atoms. The number of morpholine rings is 1. The third kappa shape index (κ3) is 4.90. The molecule has 164 valence electrons. The molecule has 3 amide bonds. The Morgan fingerprint density at radius 1 is 1.30 bits per heavy atom. The van der Waals surface area contributed by atoms with Gasteiger partial charge in [-0.1, -0.05) is 6.42 Å². The Labute approximate surface area is 170 Å². The normalized spacial score (nSPS) is 18.5. The number of nitrogens with one attached hydrogen (secondary N) is 2. The number of hydrogen-bond acceptors (Lipinski definition) is 5. The van der Waals surface area contributed by atoms with Crippen molar-refractivity contribution in [3.8, 4) is 0 Å². The lowest BCUT2D eigenvalue weighted by atomic mass is 9.84. The molecule has 1 saturated carbocycles. The smallest absolute Gasteiger partial charge is 0.370 e. The van der Waals surface area contributed by atoms with Crippen molar-refractivity contribution in [1.29, 1.82) is 0 Å². The number of carbonyl (C=O) groups excluding carboxylic acids is 3. The Bertz CT molecular complexity index is 826. The summed E-state index contributed by atoms with van der Waals surface area (Å²) in [5.41, 5.74) is 4.08. The van der Waals surface area contributed by atoms with Gasteiger partial charge in [0.25, 0.3) is 5.91 Å². The van der Waals surface area contributed by atoms with E-state index in [1.807, 2.05) is 0 Å². The van der Waals surface area contributed by atoms with Crippen LogP contribution in [0.25, 0.3) is 0 Å². The molecule has 1 aliphatic carbocycles.